The molecule has 4 nitrogen and oxygen atoms in total. The van der Waals surface area contributed by atoms with E-state index in [0.29, 0.717) is 17.0 Å². The molecule has 3 rings (SSSR count). The van der Waals surface area contributed by atoms with Crippen LogP contribution in [-0.2, 0) is 11.2 Å². The van der Waals surface area contributed by atoms with E-state index in [9.17, 15) is 9.59 Å². The van der Waals surface area contributed by atoms with Crippen molar-refractivity contribution in [3.05, 3.63) is 86.1 Å². The number of amides is 2. The second-order valence-electron chi connectivity index (χ2n) is 5.69. The number of rotatable bonds is 6. The number of nitrogens with one attached hydrogen (secondary N) is 2. The molecule has 0 aliphatic rings. The van der Waals surface area contributed by atoms with Gasteiger partial charge in [-0.2, -0.15) is 0 Å². The van der Waals surface area contributed by atoms with Crippen molar-refractivity contribution in [1.82, 2.24) is 5.32 Å². The summed E-state index contributed by atoms with van der Waals surface area (Å²) >= 11 is 3.55. The topological polar surface area (TPSA) is 58.2 Å². The summed E-state index contributed by atoms with van der Waals surface area (Å²) in [4.78, 5) is 25.8. The summed E-state index contributed by atoms with van der Waals surface area (Å²) in [6.07, 6.45) is 0.424. The Balaban J connectivity index is 1.77. The zero-order chi connectivity index (χ0) is 18.4. The lowest BCUT2D eigenvalue weighted by Crippen LogP contribution is -2.45. The first-order chi connectivity index (χ1) is 12.6. The molecule has 0 spiro atoms. The molecule has 0 saturated carbocycles. The first-order valence-corrected chi connectivity index (χ1v) is 10.0. The van der Waals surface area contributed by atoms with Crippen molar-refractivity contribution >= 4 is 51.4 Å². The molecule has 132 valence electrons. The zero-order valence-electron chi connectivity index (χ0n) is 13.8. The minimum atomic E-state index is -0.662. The first-order valence-electron chi connectivity index (χ1n) is 8.06. The lowest BCUT2D eigenvalue weighted by atomic mass is 10.0. The van der Waals surface area contributed by atoms with E-state index < -0.39 is 6.04 Å². The molecule has 2 amide bonds. The molecule has 6 heteroatoms. The highest BCUT2D eigenvalue weighted by Gasteiger charge is 2.22. The van der Waals surface area contributed by atoms with Crippen molar-refractivity contribution in [2.24, 2.45) is 0 Å². The van der Waals surface area contributed by atoms with Crippen LogP contribution in [-0.4, -0.2) is 17.9 Å². The van der Waals surface area contributed by atoms with Crippen molar-refractivity contribution in [2.75, 3.05) is 5.32 Å². The predicted octanol–water partition coefficient (Wildman–Crippen LogP) is 4.33. The third-order valence-corrected chi connectivity index (χ3v) is 5.28. The number of hydrogen-bond acceptors (Lipinski definition) is 3. The van der Waals surface area contributed by atoms with Crippen LogP contribution in [0.25, 0.3) is 0 Å². The van der Waals surface area contributed by atoms with Gasteiger partial charge in [-0.15, -0.1) is 11.3 Å². The van der Waals surface area contributed by atoms with Gasteiger partial charge in [0, 0.05) is 15.7 Å². The van der Waals surface area contributed by atoms with Crippen LogP contribution in [0.2, 0.25) is 0 Å². The highest BCUT2D eigenvalue weighted by molar-refractivity contribution is 14.1. The average Bonchev–Trinajstić information content (AvgIpc) is 3.17. The molecule has 2 N–H and O–H groups in total. The van der Waals surface area contributed by atoms with E-state index in [1.807, 2.05) is 66.0 Å². The van der Waals surface area contributed by atoms with Crippen molar-refractivity contribution in [3.8, 4) is 0 Å². The molecule has 0 aliphatic heterocycles. The van der Waals surface area contributed by atoms with Crippen LogP contribution in [0.15, 0.2) is 72.1 Å². The van der Waals surface area contributed by atoms with Gasteiger partial charge >= 0.3 is 0 Å². The molecule has 1 heterocycles. The number of anilines is 1. The summed E-state index contributed by atoms with van der Waals surface area (Å²) in [6, 6.07) is 20.1. The first kappa shape index (κ1) is 18.6. The fourth-order valence-electron chi connectivity index (χ4n) is 2.49. The summed E-state index contributed by atoms with van der Waals surface area (Å²) in [7, 11) is 0. The van der Waals surface area contributed by atoms with Gasteiger partial charge in [-0.3, -0.25) is 9.59 Å². The Morgan fingerprint density at radius 1 is 1.00 bits per heavy atom. The Bertz CT molecular complexity index is 882. The third-order valence-electron chi connectivity index (χ3n) is 3.74. The van der Waals surface area contributed by atoms with Gasteiger partial charge in [0.05, 0.1) is 4.88 Å². The second-order valence-corrected chi connectivity index (χ2v) is 7.89. The van der Waals surface area contributed by atoms with Crippen molar-refractivity contribution in [1.29, 1.82) is 0 Å². The highest BCUT2D eigenvalue weighted by Crippen LogP contribution is 2.14. The number of carbonyl (C=O) groups excluding carboxylic acids is 2. The Labute approximate surface area is 169 Å². The monoisotopic (exact) mass is 476 g/mol. The molecular formula is C20H17IN2O2S. The van der Waals surface area contributed by atoms with Crippen molar-refractivity contribution < 1.29 is 9.59 Å². The van der Waals surface area contributed by atoms with E-state index >= 15 is 0 Å². The summed E-state index contributed by atoms with van der Waals surface area (Å²) in [5, 5.41) is 7.60. The van der Waals surface area contributed by atoms with Gasteiger partial charge in [0.25, 0.3) is 5.91 Å². The quantitative estimate of drug-likeness (QED) is 0.521. The lowest BCUT2D eigenvalue weighted by Gasteiger charge is -2.18. The van der Waals surface area contributed by atoms with E-state index in [4.69, 9.17) is 0 Å². The highest BCUT2D eigenvalue weighted by atomic mass is 127. The zero-order valence-corrected chi connectivity index (χ0v) is 16.8. The van der Waals surface area contributed by atoms with E-state index in [-0.39, 0.29) is 11.8 Å². The van der Waals surface area contributed by atoms with Crippen LogP contribution in [0.1, 0.15) is 15.2 Å². The van der Waals surface area contributed by atoms with E-state index in [1.165, 1.54) is 11.3 Å². The van der Waals surface area contributed by atoms with Gasteiger partial charge in [-0.1, -0.05) is 42.5 Å². The molecule has 1 atom stereocenters. The van der Waals surface area contributed by atoms with Crippen LogP contribution in [0.5, 0.6) is 0 Å². The number of thiophene rings is 1. The van der Waals surface area contributed by atoms with Crippen molar-refractivity contribution in [2.45, 2.75) is 12.5 Å². The molecule has 0 aliphatic carbocycles. The Morgan fingerprint density at radius 3 is 2.50 bits per heavy atom. The summed E-state index contributed by atoms with van der Waals surface area (Å²) < 4.78 is 1.03. The Hall–Kier alpha value is -2.19. The second kappa shape index (κ2) is 8.95. The molecule has 0 saturated heterocycles. The molecule has 0 unspecified atom stereocenters. The minimum absolute atomic E-state index is 0.235. The van der Waals surface area contributed by atoms with Crippen LogP contribution in [0.4, 0.5) is 5.69 Å². The van der Waals surface area contributed by atoms with Gasteiger partial charge in [-0.25, -0.2) is 0 Å². The maximum Gasteiger partial charge on any atom is 0.262 e. The van der Waals surface area contributed by atoms with Crippen LogP contribution >= 0.6 is 33.9 Å². The maximum absolute atomic E-state index is 12.8. The molecule has 3 aromatic rings. The summed E-state index contributed by atoms with van der Waals surface area (Å²) in [6.45, 7) is 0. The molecule has 2 aromatic carbocycles. The standard InChI is InChI=1S/C20H17IN2O2S/c21-15-8-4-9-16(13-15)22-19(24)17(12-14-6-2-1-3-7-14)23-20(25)18-10-5-11-26-18/h1-11,13,17H,12H2,(H,22,24)(H,23,25)/t17-/m0/s1. The molecule has 26 heavy (non-hydrogen) atoms. The van der Waals surface area contributed by atoms with Gasteiger partial charge in [-0.05, 0) is 57.8 Å². The number of hydrogen-bond donors (Lipinski definition) is 2. The van der Waals surface area contributed by atoms with Crippen LogP contribution < -0.4 is 10.6 Å². The predicted molar refractivity (Wildman–Crippen MR) is 114 cm³/mol. The van der Waals surface area contributed by atoms with Gasteiger partial charge in [0.15, 0.2) is 0 Å². The number of benzene rings is 2. The fourth-order valence-corrected chi connectivity index (χ4v) is 3.66. The SMILES string of the molecule is O=C(N[C@@H](Cc1ccccc1)C(=O)Nc1cccc(I)c1)c1cccs1. The summed E-state index contributed by atoms with van der Waals surface area (Å²) in [5.74, 6) is -0.473. The number of halogens is 1. The molecule has 1 aromatic heterocycles. The number of carbonyl (C=O) groups is 2. The summed E-state index contributed by atoms with van der Waals surface area (Å²) in [5.41, 5.74) is 1.70. The van der Waals surface area contributed by atoms with Crippen molar-refractivity contribution in [3.63, 3.8) is 0 Å². The van der Waals surface area contributed by atoms with E-state index in [2.05, 4.69) is 33.2 Å². The van der Waals surface area contributed by atoms with Crippen LogP contribution in [0, 0.1) is 3.57 Å². The third kappa shape index (κ3) is 5.15. The van der Waals surface area contributed by atoms with Gasteiger partial charge in [0.2, 0.25) is 5.91 Å². The van der Waals surface area contributed by atoms with Gasteiger partial charge < -0.3 is 10.6 Å². The largest absolute Gasteiger partial charge is 0.339 e. The average molecular weight is 476 g/mol. The smallest absolute Gasteiger partial charge is 0.262 e. The lowest BCUT2D eigenvalue weighted by molar-refractivity contribution is -0.118. The maximum atomic E-state index is 12.8. The van der Waals surface area contributed by atoms with Gasteiger partial charge in [0.1, 0.15) is 6.04 Å². The normalized spacial score (nSPS) is 11.6. The molecular weight excluding hydrogens is 459 g/mol. The minimum Gasteiger partial charge on any atom is -0.339 e. The molecule has 0 radical (unpaired) electrons. The fraction of sp³-hybridized carbons (Fsp3) is 0.100. The Morgan fingerprint density at radius 2 is 1.81 bits per heavy atom. The molecule has 0 fully saturated rings. The Kier molecular flexibility index (Phi) is 6.40. The van der Waals surface area contributed by atoms with E-state index in [0.717, 1.165) is 9.13 Å². The van der Waals surface area contributed by atoms with E-state index in [1.54, 1.807) is 6.07 Å². The molecule has 0 bridgehead atoms. The van der Waals surface area contributed by atoms with Crippen LogP contribution in [0.3, 0.4) is 0 Å².